The second kappa shape index (κ2) is 10.4. The SMILES string of the molecule is c1ccc2c(c1)Oc1cc(-c3ccc(-c4ccc(-c5cccc6ccccc56)cc4)cc3)ccc1C21c2ccccc2-c2ccccc21. The van der Waals surface area contributed by atoms with E-state index in [0.29, 0.717) is 0 Å². The molecule has 0 atom stereocenters. The van der Waals surface area contributed by atoms with Gasteiger partial charge in [-0.05, 0) is 78.5 Å². The molecule has 0 fully saturated rings. The number of para-hydroxylation sites is 1. The van der Waals surface area contributed by atoms with Crippen molar-refractivity contribution in [1.29, 1.82) is 0 Å². The first-order valence-electron chi connectivity index (χ1n) is 16.6. The Kier molecular flexibility index (Phi) is 5.86. The van der Waals surface area contributed by atoms with Crippen molar-refractivity contribution in [2.24, 2.45) is 0 Å². The third kappa shape index (κ3) is 3.85. The number of hydrogen-bond donors (Lipinski definition) is 0. The number of ether oxygens (including phenoxy) is 1. The van der Waals surface area contributed by atoms with Crippen LogP contribution in [0.1, 0.15) is 22.3 Å². The molecule has 0 unspecified atom stereocenters. The molecule has 1 aliphatic heterocycles. The molecule has 1 nitrogen and oxygen atoms in total. The van der Waals surface area contributed by atoms with E-state index in [1.165, 1.54) is 66.4 Å². The summed E-state index contributed by atoms with van der Waals surface area (Å²) in [7, 11) is 0. The molecular weight excluding hydrogens is 581 g/mol. The fourth-order valence-corrected chi connectivity index (χ4v) is 8.22. The molecule has 10 rings (SSSR count). The highest BCUT2D eigenvalue weighted by Gasteiger charge is 2.50. The molecule has 0 radical (unpaired) electrons. The van der Waals surface area contributed by atoms with Crippen LogP contribution in [0.15, 0.2) is 182 Å². The van der Waals surface area contributed by atoms with Gasteiger partial charge >= 0.3 is 0 Å². The molecule has 0 bridgehead atoms. The Morgan fingerprint density at radius 3 is 1.50 bits per heavy atom. The predicted molar refractivity (Wildman–Crippen MR) is 198 cm³/mol. The zero-order valence-electron chi connectivity index (χ0n) is 26.2. The van der Waals surface area contributed by atoms with Gasteiger partial charge in [-0.15, -0.1) is 0 Å². The molecule has 1 aliphatic carbocycles. The highest BCUT2D eigenvalue weighted by atomic mass is 16.5. The van der Waals surface area contributed by atoms with Crippen molar-refractivity contribution in [1.82, 2.24) is 0 Å². The van der Waals surface area contributed by atoms with E-state index < -0.39 is 5.41 Å². The molecule has 224 valence electrons. The third-order valence-electron chi connectivity index (χ3n) is 10.4. The molecule has 2 aliphatic rings. The van der Waals surface area contributed by atoms with Crippen molar-refractivity contribution in [3.05, 3.63) is 204 Å². The van der Waals surface area contributed by atoms with Crippen LogP contribution in [-0.2, 0) is 5.41 Å². The first kappa shape index (κ1) is 27.0. The lowest BCUT2D eigenvalue weighted by Crippen LogP contribution is -2.32. The Balaban J connectivity index is 1.03. The van der Waals surface area contributed by atoms with Crippen LogP contribution in [0.25, 0.3) is 55.3 Å². The Hall–Kier alpha value is -6.18. The maximum absolute atomic E-state index is 6.72. The Morgan fingerprint density at radius 1 is 0.312 bits per heavy atom. The van der Waals surface area contributed by atoms with Crippen molar-refractivity contribution in [2.75, 3.05) is 0 Å². The minimum atomic E-state index is -0.433. The zero-order chi connectivity index (χ0) is 31.7. The van der Waals surface area contributed by atoms with Crippen LogP contribution < -0.4 is 4.74 Å². The van der Waals surface area contributed by atoms with E-state index in [0.717, 1.165) is 22.6 Å². The second-order valence-corrected chi connectivity index (χ2v) is 12.8. The minimum absolute atomic E-state index is 0.433. The van der Waals surface area contributed by atoms with Crippen LogP contribution in [0, 0.1) is 0 Å². The summed E-state index contributed by atoms with van der Waals surface area (Å²) in [5, 5.41) is 2.54. The lowest BCUT2D eigenvalue weighted by Gasteiger charge is -2.39. The van der Waals surface area contributed by atoms with Gasteiger partial charge in [-0.3, -0.25) is 0 Å². The zero-order valence-corrected chi connectivity index (χ0v) is 26.2. The maximum Gasteiger partial charge on any atom is 0.132 e. The summed E-state index contributed by atoms with van der Waals surface area (Å²) in [6.07, 6.45) is 0. The molecule has 0 N–H and O–H groups in total. The number of benzene rings is 8. The fraction of sp³-hybridized carbons (Fsp3) is 0.0213. The molecule has 0 aromatic heterocycles. The van der Waals surface area contributed by atoms with Crippen molar-refractivity contribution in [3.63, 3.8) is 0 Å². The number of rotatable bonds is 3. The van der Waals surface area contributed by atoms with Gasteiger partial charge in [0.2, 0.25) is 0 Å². The molecule has 0 saturated carbocycles. The molecule has 0 amide bonds. The summed E-state index contributed by atoms with van der Waals surface area (Å²) < 4.78 is 6.72. The lowest BCUT2D eigenvalue weighted by molar-refractivity contribution is 0.436. The summed E-state index contributed by atoms with van der Waals surface area (Å²) in [5.74, 6) is 1.82. The third-order valence-corrected chi connectivity index (χ3v) is 10.4. The summed E-state index contributed by atoms with van der Waals surface area (Å²) in [4.78, 5) is 0. The van der Waals surface area contributed by atoms with Gasteiger partial charge in [0.05, 0.1) is 5.41 Å². The van der Waals surface area contributed by atoms with E-state index in [1.807, 2.05) is 0 Å². The van der Waals surface area contributed by atoms with Gasteiger partial charge in [0.15, 0.2) is 0 Å². The quantitative estimate of drug-likeness (QED) is 0.193. The molecule has 8 aromatic carbocycles. The monoisotopic (exact) mass is 610 g/mol. The summed E-state index contributed by atoms with van der Waals surface area (Å²) in [5.41, 5.74) is 14.4. The smallest absolute Gasteiger partial charge is 0.132 e. The van der Waals surface area contributed by atoms with Crippen molar-refractivity contribution >= 4 is 10.8 Å². The van der Waals surface area contributed by atoms with Gasteiger partial charge in [-0.1, -0.05) is 170 Å². The normalized spacial score (nSPS) is 13.3. The first-order valence-corrected chi connectivity index (χ1v) is 16.6. The molecular formula is C47H30O. The maximum atomic E-state index is 6.72. The molecule has 8 aromatic rings. The van der Waals surface area contributed by atoms with Crippen molar-refractivity contribution in [3.8, 4) is 56.0 Å². The van der Waals surface area contributed by atoms with Crippen LogP contribution in [0.4, 0.5) is 0 Å². The topological polar surface area (TPSA) is 9.23 Å². The van der Waals surface area contributed by atoms with E-state index in [4.69, 9.17) is 4.74 Å². The van der Waals surface area contributed by atoms with Crippen LogP contribution in [0.3, 0.4) is 0 Å². The molecule has 1 heterocycles. The van der Waals surface area contributed by atoms with Gasteiger partial charge in [-0.2, -0.15) is 0 Å². The van der Waals surface area contributed by atoms with Gasteiger partial charge in [0.1, 0.15) is 11.5 Å². The predicted octanol–water partition coefficient (Wildman–Crippen LogP) is 12.3. The van der Waals surface area contributed by atoms with Crippen molar-refractivity contribution < 1.29 is 4.74 Å². The van der Waals surface area contributed by atoms with Gasteiger partial charge in [0, 0.05) is 11.1 Å². The number of hydrogen-bond acceptors (Lipinski definition) is 1. The van der Waals surface area contributed by atoms with E-state index in [9.17, 15) is 0 Å². The molecule has 0 saturated heterocycles. The van der Waals surface area contributed by atoms with Crippen LogP contribution >= 0.6 is 0 Å². The van der Waals surface area contributed by atoms with Gasteiger partial charge < -0.3 is 4.74 Å². The largest absolute Gasteiger partial charge is 0.457 e. The molecule has 1 spiro atoms. The average Bonchev–Trinajstić information content (AvgIpc) is 3.45. The van der Waals surface area contributed by atoms with Gasteiger partial charge in [0.25, 0.3) is 0 Å². The van der Waals surface area contributed by atoms with E-state index >= 15 is 0 Å². The van der Waals surface area contributed by atoms with Crippen molar-refractivity contribution in [2.45, 2.75) is 5.41 Å². The van der Waals surface area contributed by atoms with Gasteiger partial charge in [-0.25, -0.2) is 0 Å². The Morgan fingerprint density at radius 2 is 0.792 bits per heavy atom. The summed E-state index contributed by atoms with van der Waals surface area (Å²) >= 11 is 0. The number of fused-ring (bicyclic) bond motifs is 10. The average molecular weight is 611 g/mol. The lowest BCUT2D eigenvalue weighted by atomic mass is 9.66. The van der Waals surface area contributed by atoms with Crippen LogP contribution in [0.5, 0.6) is 11.5 Å². The van der Waals surface area contributed by atoms with E-state index in [-0.39, 0.29) is 0 Å². The minimum Gasteiger partial charge on any atom is -0.457 e. The molecule has 48 heavy (non-hydrogen) atoms. The standard InChI is InChI=1S/C47H30O/c1-2-12-37-34(10-1)11-9-15-38(37)35-26-24-32(25-27-35)31-20-22-33(23-21-31)36-28-29-44-46(30-36)48-45-19-8-7-18-43(45)47(44)41-16-5-3-13-39(41)40-14-4-6-17-42(40)47/h1-30H. The Bertz CT molecular complexity index is 2470. The Labute approximate surface area is 280 Å². The summed E-state index contributed by atoms with van der Waals surface area (Å²) in [6, 6.07) is 66.0. The van der Waals surface area contributed by atoms with E-state index in [2.05, 4.69) is 182 Å². The van der Waals surface area contributed by atoms with Crippen LogP contribution in [0.2, 0.25) is 0 Å². The van der Waals surface area contributed by atoms with Crippen LogP contribution in [-0.4, -0.2) is 0 Å². The highest BCUT2D eigenvalue weighted by molar-refractivity contribution is 5.97. The first-order chi connectivity index (χ1) is 23.8. The fourth-order valence-electron chi connectivity index (χ4n) is 8.22. The molecule has 1 heteroatoms. The highest BCUT2D eigenvalue weighted by Crippen LogP contribution is 2.62. The second-order valence-electron chi connectivity index (χ2n) is 12.8. The van der Waals surface area contributed by atoms with E-state index in [1.54, 1.807) is 0 Å². The summed E-state index contributed by atoms with van der Waals surface area (Å²) in [6.45, 7) is 0.